The van der Waals surface area contributed by atoms with Crippen molar-refractivity contribution in [2.45, 2.75) is 25.7 Å². The van der Waals surface area contributed by atoms with Crippen molar-refractivity contribution in [3.8, 4) is 23.1 Å². The first-order valence-corrected chi connectivity index (χ1v) is 7.43. The molecule has 3 heteroatoms. The average molecular weight is 270 g/mol. The second kappa shape index (κ2) is 7.73. The number of hydrogen-bond acceptors (Lipinski definition) is 3. The van der Waals surface area contributed by atoms with Gasteiger partial charge in [-0.1, -0.05) is 36.3 Å². The van der Waals surface area contributed by atoms with Crippen LogP contribution in [0.25, 0.3) is 11.3 Å². The summed E-state index contributed by atoms with van der Waals surface area (Å²) in [7, 11) is 0. The Balaban J connectivity index is 1.88. The zero-order valence-corrected chi connectivity index (χ0v) is 11.7. The highest BCUT2D eigenvalue weighted by atomic mass is 32.1. The second-order valence-corrected chi connectivity index (χ2v) is 5.21. The summed E-state index contributed by atoms with van der Waals surface area (Å²) in [4.78, 5) is 4.61. The standard InChI is InChI=1S/C16H18N2S/c17-12-8-3-1-2-7-11-16-18-15(13-19-16)14-9-5-4-6-10-14/h4-6,9-10,13H,1,3,8,11-12,17H2. The number of nitrogens with two attached hydrogens (primary N) is 1. The predicted octanol–water partition coefficient (Wildman–Crippen LogP) is 3.49. The summed E-state index contributed by atoms with van der Waals surface area (Å²) < 4.78 is 0. The third-order valence-electron chi connectivity index (χ3n) is 2.74. The van der Waals surface area contributed by atoms with E-state index in [1.807, 2.05) is 18.2 Å². The predicted molar refractivity (Wildman–Crippen MR) is 81.9 cm³/mol. The minimum absolute atomic E-state index is 0.750. The fraction of sp³-hybridized carbons (Fsp3) is 0.312. The van der Waals surface area contributed by atoms with Gasteiger partial charge in [0.2, 0.25) is 0 Å². The Labute approximate surface area is 118 Å². The molecular weight excluding hydrogens is 252 g/mol. The third kappa shape index (κ3) is 4.51. The SMILES string of the molecule is NCCCCC#CCc1nc(-c2ccccc2)cs1. The van der Waals surface area contributed by atoms with Gasteiger partial charge in [-0.25, -0.2) is 4.98 Å². The van der Waals surface area contributed by atoms with Crippen molar-refractivity contribution in [2.24, 2.45) is 5.73 Å². The lowest BCUT2D eigenvalue weighted by atomic mass is 10.2. The summed E-state index contributed by atoms with van der Waals surface area (Å²) in [6.07, 6.45) is 3.84. The molecule has 1 aromatic carbocycles. The van der Waals surface area contributed by atoms with Crippen LogP contribution < -0.4 is 5.73 Å². The second-order valence-electron chi connectivity index (χ2n) is 4.27. The van der Waals surface area contributed by atoms with Gasteiger partial charge in [0.15, 0.2) is 0 Å². The Bertz CT molecular complexity index is 549. The molecule has 0 aliphatic rings. The van der Waals surface area contributed by atoms with Gasteiger partial charge in [-0.05, 0) is 19.4 Å². The van der Waals surface area contributed by atoms with E-state index in [4.69, 9.17) is 5.73 Å². The lowest BCUT2D eigenvalue weighted by molar-refractivity contribution is 0.767. The molecule has 0 atom stereocenters. The minimum Gasteiger partial charge on any atom is -0.330 e. The van der Waals surface area contributed by atoms with Crippen LogP contribution in [0.2, 0.25) is 0 Å². The Morgan fingerprint density at radius 3 is 2.74 bits per heavy atom. The van der Waals surface area contributed by atoms with Crippen LogP contribution in [0.3, 0.4) is 0 Å². The Hall–Kier alpha value is -1.63. The van der Waals surface area contributed by atoms with E-state index in [1.165, 1.54) is 5.56 Å². The summed E-state index contributed by atoms with van der Waals surface area (Å²) >= 11 is 1.68. The van der Waals surface area contributed by atoms with Crippen molar-refractivity contribution in [3.63, 3.8) is 0 Å². The molecule has 0 saturated carbocycles. The van der Waals surface area contributed by atoms with Gasteiger partial charge in [-0.15, -0.1) is 17.3 Å². The molecule has 2 N–H and O–H groups in total. The molecule has 0 radical (unpaired) electrons. The van der Waals surface area contributed by atoms with E-state index in [-0.39, 0.29) is 0 Å². The van der Waals surface area contributed by atoms with Crippen LogP contribution >= 0.6 is 11.3 Å². The molecule has 0 amide bonds. The van der Waals surface area contributed by atoms with Gasteiger partial charge in [0.05, 0.1) is 12.1 Å². The molecule has 1 aromatic heterocycles. The maximum Gasteiger partial charge on any atom is 0.105 e. The van der Waals surface area contributed by atoms with Gasteiger partial charge in [0.1, 0.15) is 5.01 Å². The molecule has 98 valence electrons. The molecule has 0 fully saturated rings. The largest absolute Gasteiger partial charge is 0.330 e. The Morgan fingerprint density at radius 1 is 1.11 bits per heavy atom. The molecule has 0 bridgehead atoms. The molecule has 0 spiro atoms. The maximum atomic E-state index is 5.44. The van der Waals surface area contributed by atoms with Crippen molar-refractivity contribution >= 4 is 11.3 Å². The summed E-state index contributed by atoms with van der Waals surface area (Å²) in [5.41, 5.74) is 7.65. The van der Waals surface area contributed by atoms with Crippen LogP contribution in [-0.4, -0.2) is 11.5 Å². The van der Waals surface area contributed by atoms with Crippen molar-refractivity contribution in [2.75, 3.05) is 6.54 Å². The fourth-order valence-corrected chi connectivity index (χ4v) is 2.46. The van der Waals surface area contributed by atoms with Crippen molar-refractivity contribution in [1.82, 2.24) is 4.98 Å². The van der Waals surface area contributed by atoms with Gasteiger partial charge in [-0.2, -0.15) is 0 Å². The van der Waals surface area contributed by atoms with Gasteiger partial charge in [-0.3, -0.25) is 0 Å². The third-order valence-corrected chi connectivity index (χ3v) is 3.59. The first-order chi connectivity index (χ1) is 9.40. The van der Waals surface area contributed by atoms with E-state index in [9.17, 15) is 0 Å². The smallest absolute Gasteiger partial charge is 0.105 e. The van der Waals surface area contributed by atoms with Gasteiger partial charge in [0, 0.05) is 17.4 Å². The van der Waals surface area contributed by atoms with Crippen molar-refractivity contribution in [3.05, 3.63) is 40.7 Å². The van der Waals surface area contributed by atoms with Crippen LogP contribution in [0.15, 0.2) is 35.7 Å². The summed E-state index contributed by atoms with van der Waals surface area (Å²) in [6, 6.07) is 10.2. The zero-order valence-electron chi connectivity index (χ0n) is 10.9. The summed E-state index contributed by atoms with van der Waals surface area (Å²) in [5.74, 6) is 6.36. The minimum atomic E-state index is 0.750. The zero-order chi connectivity index (χ0) is 13.3. The molecule has 2 rings (SSSR count). The quantitative estimate of drug-likeness (QED) is 0.667. The van der Waals surface area contributed by atoms with E-state index in [1.54, 1.807) is 11.3 Å². The van der Waals surface area contributed by atoms with Crippen LogP contribution in [-0.2, 0) is 6.42 Å². The number of hydrogen-bond donors (Lipinski definition) is 1. The Kier molecular flexibility index (Phi) is 5.61. The molecule has 0 aliphatic heterocycles. The van der Waals surface area contributed by atoms with Gasteiger partial charge >= 0.3 is 0 Å². The van der Waals surface area contributed by atoms with Crippen molar-refractivity contribution < 1.29 is 0 Å². The van der Waals surface area contributed by atoms with E-state index < -0.39 is 0 Å². The number of rotatable bonds is 5. The highest BCUT2D eigenvalue weighted by molar-refractivity contribution is 7.10. The number of aromatic nitrogens is 1. The molecule has 0 saturated heterocycles. The topological polar surface area (TPSA) is 38.9 Å². The molecule has 2 aromatic rings. The maximum absolute atomic E-state index is 5.44. The van der Waals surface area contributed by atoms with Gasteiger partial charge < -0.3 is 5.73 Å². The monoisotopic (exact) mass is 270 g/mol. The summed E-state index contributed by atoms with van der Waals surface area (Å²) in [5, 5.41) is 3.19. The highest BCUT2D eigenvalue weighted by Gasteiger charge is 2.02. The van der Waals surface area contributed by atoms with Crippen LogP contribution in [0, 0.1) is 11.8 Å². The number of benzene rings is 1. The summed E-state index contributed by atoms with van der Waals surface area (Å²) in [6.45, 7) is 0.759. The number of thiazole rings is 1. The lowest BCUT2D eigenvalue weighted by Crippen LogP contribution is -1.96. The molecule has 0 aliphatic carbocycles. The van der Waals surface area contributed by atoms with E-state index in [0.29, 0.717) is 0 Å². The number of nitrogens with zero attached hydrogens (tertiary/aromatic N) is 1. The first kappa shape index (κ1) is 13.8. The van der Waals surface area contributed by atoms with E-state index in [0.717, 1.165) is 42.9 Å². The Morgan fingerprint density at radius 2 is 1.95 bits per heavy atom. The lowest BCUT2D eigenvalue weighted by Gasteiger charge is -1.93. The average Bonchev–Trinajstić information content (AvgIpc) is 2.92. The molecular formula is C16H18N2S. The molecule has 1 heterocycles. The first-order valence-electron chi connectivity index (χ1n) is 6.56. The van der Waals surface area contributed by atoms with E-state index in [2.05, 4.69) is 34.3 Å². The van der Waals surface area contributed by atoms with E-state index >= 15 is 0 Å². The normalized spacial score (nSPS) is 9.95. The highest BCUT2D eigenvalue weighted by Crippen LogP contribution is 2.21. The molecule has 2 nitrogen and oxygen atoms in total. The number of unbranched alkanes of at least 4 members (excludes halogenated alkanes) is 2. The molecule has 0 unspecified atom stereocenters. The van der Waals surface area contributed by atoms with Crippen molar-refractivity contribution in [1.29, 1.82) is 0 Å². The van der Waals surface area contributed by atoms with Crippen LogP contribution in [0.5, 0.6) is 0 Å². The van der Waals surface area contributed by atoms with Crippen LogP contribution in [0.1, 0.15) is 24.3 Å². The fourth-order valence-electron chi connectivity index (χ4n) is 1.72. The molecule has 19 heavy (non-hydrogen) atoms. The van der Waals surface area contributed by atoms with Crippen LogP contribution in [0.4, 0.5) is 0 Å². The van der Waals surface area contributed by atoms with Gasteiger partial charge in [0.25, 0.3) is 0 Å².